The highest BCUT2D eigenvalue weighted by atomic mass is 16.5. The Morgan fingerprint density at radius 2 is 1.73 bits per heavy atom. The molecule has 0 atom stereocenters. The molecule has 0 N–H and O–H groups in total. The van der Waals surface area contributed by atoms with E-state index in [9.17, 15) is 9.59 Å². The fourth-order valence-electron chi connectivity index (χ4n) is 5.20. The summed E-state index contributed by atoms with van der Waals surface area (Å²) >= 11 is 0. The zero-order chi connectivity index (χ0) is 28.1. The van der Waals surface area contributed by atoms with Crippen LogP contribution in [-0.4, -0.2) is 60.9 Å². The first-order valence-corrected chi connectivity index (χ1v) is 14.2. The van der Waals surface area contributed by atoms with Crippen LogP contribution < -0.4 is 9.64 Å². The van der Waals surface area contributed by atoms with Crippen LogP contribution in [0.25, 0.3) is 6.08 Å². The largest absolute Gasteiger partial charge is 0.482 e. The second kappa shape index (κ2) is 12.1. The Morgan fingerprint density at radius 3 is 2.48 bits per heavy atom. The normalized spacial score (nSPS) is 16.2. The zero-order valence-corrected chi connectivity index (χ0v) is 23.8. The van der Waals surface area contributed by atoms with Crippen molar-refractivity contribution in [2.24, 2.45) is 0 Å². The summed E-state index contributed by atoms with van der Waals surface area (Å²) in [5, 5.41) is 0. The number of carbonyl (C=O) groups excluding carboxylic acids is 2. The Balaban J connectivity index is 1.23. The quantitative estimate of drug-likeness (QED) is 0.366. The van der Waals surface area contributed by atoms with E-state index in [2.05, 4.69) is 62.1 Å². The minimum atomic E-state index is -0.0758. The van der Waals surface area contributed by atoms with Crippen LogP contribution in [0.3, 0.4) is 0 Å². The number of anilines is 1. The van der Waals surface area contributed by atoms with Gasteiger partial charge in [0.15, 0.2) is 6.61 Å². The van der Waals surface area contributed by atoms with Crippen LogP contribution in [0.5, 0.6) is 5.75 Å². The van der Waals surface area contributed by atoms with Gasteiger partial charge in [0.2, 0.25) is 0 Å². The monoisotopic (exact) mass is 537 g/mol. The van der Waals surface area contributed by atoms with Gasteiger partial charge in [-0.25, -0.2) is 0 Å². The SMILES string of the molecule is CCC(C)(C)c1ccc2c(c1)N(Cc1cccc(C(=O)N3CCN(CC=Cc4ccccc4)CC3)c1)C(=O)CO2. The van der Waals surface area contributed by atoms with Crippen molar-refractivity contribution in [1.82, 2.24) is 9.80 Å². The number of piperazine rings is 1. The van der Waals surface area contributed by atoms with Crippen LogP contribution in [-0.2, 0) is 16.8 Å². The van der Waals surface area contributed by atoms with Crippen molar-refractivity contribution in [3.05, 3.63) is 101 Å². The summed E-state index contributed by atoms with van der Waals surface area (Å²) in [6, 6.07) is 24.1. The number of hydrogen-bond donors (Lipinski definition) is 0. The van der Waals surface area contributed by atoms with E-state index in [0.717, 1.165) is 43.1 Å². The van der Waals surface area contributed by atoms with Crippen LogP contribution >= 0.6 is 0 Å². The smallest absolute Gasteiger partial charge is 0.265 e. The second-order valence-corrected chi connectivity index (χ2v) is 11.3. The number of benzene rings is 3. The molecule has 0 saturated carbocycles. The highest BCUT2D eigenvalue weighted by Gasteiger charge is 2.29. The minimum absolute atomic E-state index is 0.00423. The van der Waals surface area contributed by atoms with Gasteiger partial charge in [-0.3, -0.25) is 14.5 Å². The van der Waals surface area contributed by atoms with Crippen LogP contribution in [0.4, 0.5) is 5.69 Å². The number of rotatable bonds is 8. The number of carbonyl (C=O) groups is 2. The molecule has 0 aromatic heterocycles. The number of hydrogen-bond acceptors (Lipinski definition) is 4. The molecule has 1 saturated heterocycles. The standard InChI is InChI=1S/C34H39N3O3/c1-4-34(2,3)29-15-16-31-30(23-29)37(32(38)25-40-31)24-27-12-8-14-28(22-27)33(39)36-20-18-35(19-21-36)17-9-13-26-10-6-5-7-11-26/h5-16,22-23H,4,17-21,24-25H2,1-3H3. The molecule has 0 aliphatic carbocycles. The highest BCUT2D eigenvalue weighted by Crippen LogP contribution is 2.38. The van der Waals surface area contributed by atoms with Gasteiger partial charge in [0.05, 0.1) is 12.2 Å². The Bertz CT molecular complexity index is 1370. The Labute approximate surface area is 237 Å². The Hall–Kier alpha value is -3.90. The van der Waals surface area contributed by atoms with Gasteiger partial charge in [-0.15, -0.1) is 0 Å². The summed E-state index contributed by atoms with van der Waals surface area (Å²) in [7, 11) is 0. The van der Waals surface area contributed by atoms with Gasteiger partial charge in [0.25, 0.3) is 11.8 Å². The lowest BCUT2D eigenvalue weighted by molar-refractivity contribution is -0.121. The summed E-state index contributed by atoms with van der Waals surface area (Å²) in [5.74, 6) is 0.689. The number of fused-ring (bicyclic) bond motifs is 1. The molecule has 0 bridgehead atoms. The fraction of sp³-hybridized carbons (Fsp3) is 0.353. The van der Waals surface area contributed by atoms with Crippen LogP contribution in [0.2, 0.25) is 0 Å². The first-order valence-electron chi connectivity index (χ1n) is 14.2. The van der Waals surface area contributed by atoms with Crippen molar-refractivity contribution in [2.45, 2.75) is 39.2 Å². The average Bonchev–Trinajstić information content (AvgIpc) is 2.99. The van der Waals surface area contributed by atoms with Crippen molar-refractivity contribution < 1.29 is 14.3 Å². The molecule has 2 amide bonds. The number of nitrogens with zero attached hydrogens (tertiary/aromatic N) is 3. The van der Waals surface area contributed by atoms with E-state index < -0.39 is 0 Å². The molecular weight excluding hydrogens is 498 g/mol. The second-order valence-electron chi connectivity index (χ2n) is 11.3. The van der Waals surface area contributed by atoms with Crippen molar-refractivity contribution >= 4 is 23.6 Å². The van der Waals surface area contributed by atoms with Gasteiger partial charge in [-0.2, -0.15) is 0 Å². The summed E-state index contributed by atoms with van der Waals surface area (Å²) in [5.41, 5.74) is 4.76. The molecule has 208 valence electrons. The molecule has 5 rings (SSSR count). The number of amides is 2. The molecule has 6 nitrogen and oxygen atoms in total. The molecule has 40 heavy (non-hydrogen) atoms. The Kier molecular flexibility index (Phi) is 8.36. The highest BCUT2D eigenvalue weighted by molar-refractivity contribution is 5.98. The first-order chi connectivity index (χ1) is 19.3. The predicted molar refractivity (Wildman–Crippen MR) is 161 cm³/mol. The van der Waals surface area contributed by atoms with Gasteiger partial charge in [0, 0.05) is 38.3 Å². The molecule has 3 aromatic carbocycles. The fourth-order valence-corrected chi connectivity index (χ4v) is 5.20. The third-order valence-corrected chi connectivity index (χ3v) is 8.21. The average molecular weight is 538 g/mol. The topological polar surface area (TPSA) is 53.1 Å². The van der Waals surface area contributed by atoms with Crippen LogP contribution in [0, 0.1) is 0 Å². The van der Waals surface area contributed by atoms with E-state index in [4.69, 9.17) is 4.74 Å². The molecule has 2 aliphatic rings. The maximum atomic E-state index is 13.4. The molecule has 3 aromatic rings. The van der Waals surface area contributed by atoms with E-state index in [1.54, 1.807) is 4.90 Å². The summed E-state index contributed by atoms with van der Waals surface area (Å²) in [6.45, 7) is 11.0. The van der Waals surface area contributed by atoms with Crippen molar-refractivity contribution in [3.63, 3.8) is 0 Å². The lowest BCUT2D eigenvalue weighted by atomic mass is 9.82. The lowest BCUT2D eigenvalue weighted by Gasteiger charge is -2.34. The number of ether oxygens (including phenoxy) is 1. The summed E-state index contributed by atoms with van der Waals surface area (Å²) in [6.07, 6.45) is 5.32. The first kappa shape index (κ1) is 27.7. The summed E-state index contributed by atoms with van der Waals surface area (Å²) < 4.78 is 5.74. The van der Waals surface area contributed by atoms with Crippen molar-refractivity contribution in [3.8, 4) is 5.75 Å². The molecule has 0 spiro atoms. The molecular formula is C34H39N3O3. The van der Waals surface area contributed by atoms with Crippen LogP contribution in [0.1, 0.15) is 54.2 Å². The third-order valence-electron chi connectivity index (χ3n) is 8.21. The summed E-state index contributed by atoms with van der Waals surface area (Å²) in [4.78, 5) is 32.5. The molecule has 2 heterocycles. The molecule has 0 unspecified atom stereocenters. The molecule has 0 radical (unpaired) electrons. The third kappa shape index (κ3) is 6.28. The van der Waals surface area contributed by atoms with Gasteiger partial charge in [-0.05, 0) is 52.8 Å². The minimum Gasteiger partial charge on any atom is -0.482 e. The molecule has 6 heteroatoms. The van der Waals surface area contributed by atoms with Gasteiger partial charge in [0.1, 0.15) is 5.75 Å². The predicted octanol–water partition coefficient (Wildman–Crippen LogP) is 5.77. The van der Waals surface area contributed by atoms with Gasteiger partial charge >= 0.3 is 0 Å². The van der Waals surface area contributed by atoms with Crippen LogP contribution in [0.15, 0.2) is 78.9 Å². The van der Waals surface area contributed by atoms with E-state index >= 15 is 0 Å². The van der Waals surface area contributed by atoms with Crippen molar-refractivity contribution in [1.29, 1.82) is 0 Å². The van der Waals surface area contributed by atoms with E-state index in [1.165, 1.54) is 11.1 Å². The molecule has 1 fully saturated rings. The van der Waals surface area contributed by atoms with E-state index in [0.29, 0.717) is 25.2 Å². The molecule has 2 aliphatic heterocycles. The van der Waals surface area contributed by atoms with E-state index in [-0.39, 0.29) is 23.8 Å². The van der Waals surface area contributed by atoms with Gasteiger partial charge in [-0.1, -0.05) is 81.5 Å². The zero-order valence-electron chi connectivity index (χ0n) is 23.8. The van der Waals surface area contributed by atoms with E-state index in [1.807, 2.05) is 53.4 Å². The van der Waals surface area contributed by atoms with Gasteiger partial charge < -0.3 is 14.5 Å². The lowest BCUT2D eigenvalue weighted by Crippen LogP contribution is -2.48. The Morgan fingerprint density at radius 1 is 0.950 bits per heavy atom. The maximum Gasteiger partial charge on any atom is 0.265 e. The van der Waals surface area contributed by atoms with Crippen molar-refractivity contribution in [2.75, 3.05) is 44.2 Å². The maximum absolute atomic E-state index is 13.4.